The Morgan fingerprint density at radius 3 is 2.40 bits per heavy atom. The van der Waals surface area contributed by atoms with Crippen LogP contribution in [0.5, 0.6) is 23.1 Å². The maximum absolute atomic E-state index is 13.1. The third-order valence-electron chi connectivity index (χ3n) is 7.97. The number of imidazole rings is 1. The number of sulfonamides is 1. The summed E-state index contributed by atoms with van der Waals surface area (Å²) in [6.07, 6.45) is 0.442. The van der Waals surface area contributed by atoms with Gasteiger partial charge in [0.1, 0.15) is 29.7 Å². The summed E-state index contributed by atoms with van der Waals surface area (Å²) in [6.45, 7) is 2.15. The lowest BCUT2D eigenvalue weighted by molar-refractivity contribution is 0.292. The molecule has 0 aliphatic rings. The summed E-state index contributed by atoms with van der Waals surface area (Å²) in [6, 6.07) is 30.9. The SMILES string of the molecule is Cc1ccc(S(=O)(=O)Nc2cccc3ccc(Oc4ccc5nc(COc6ccc(Cc7sc(=O)[nH]c7O)cc6)n(C)c5c4)cc23)cc1. The van der Waals surface area contributed by atoms with Gasteiger partial charge in [0.15, 0.2) is 0 Å². The van der Waals surface area contributed by atoms with E-state index in [2.05, 4.69) is 9.71 Å². The summed E-state index contributed by atoms with van der Waals surface area (Å²) >= 11 is 0.993. The van der Waals surface area contributed by atoms with E-state index in [0.29, 0.717) is 39.6 Å². The van der Waals surface area contributed by atoms with Gasteiger partial charge in [-0.25, -0.2) is 13.4 Å². The van der Waals surface area contributed by atoms with E-state index >= 15 is 0 Å². The van der Waals surface area contributed by atoms with Crippen LogP contribution in [0.1, 0.15) is 21.8 Å². The van der Waals surface area contributed by atoms with Gasteiger partial charge in [-0.15, -0.1) is 0 Å². The molecule has 0 atom stereocenters. The minimum absolute atomic E-state index is 0.0911. The summed E-state index contributed by atoms with van der Waals surface area (Å²) in [7, 11) is -1.87. The van der Waals surface area contributed by atoms with Crippen LogP contribution in [0.15, 0.2) is 113 Å². The van der Waals surface area contributed by atoms with Crippen LogP contribution in [0.25, 0.3) is 21.8 Å². The third-order valence-corrected chi connectivity index (χ3v) is 10.2. The van der Waals surface area contributed by atoms with E-state index in [9.17, 15) is 18.3 Å². The van der Waals surface area contributed by atoms with Crippen LogP contribution in [-0.2, 0) is 30.1 Å². The summed E-state index contributed by atoms with van der Waals surface area (Å²) in [5, 5.41) is 11.4. The molecule has 0 saturated carbocycles. The molecular weight excluding hydrogens is 649 g/mol. The monoisotopic (exact) mass is 678 g/mol. The first kappa shape index (κ1) is 31.0. The molecule has 0 aliphatic carbocycles. The Balaban J connectivity index is 1.06. The second-order valence-electron chi connectivity index (χ2n) is 11.3. The number of ether oxygens (including phenoxy) is 2. The van der Waals surface area contributed by atoms with Crippen molar-refractivity contribution in [2.45, 2.75) is 24.8 Å². The third kappa shape index (κ3) is 6.48. The first-order valence-electron chi connectivity index (χ1n) is 15.0. The fourth-order valence-corrected chi connectivity index (χ4v) is 7.22. The maximum atomic E-state index is 13.1. The van der Waals surface area contributed by atoms with E-state index in [1.54, 1.807) is 30.3 Å². The Morgan fingerprint density at radius 1 is 0.917 bits per heavy atom. The quantitative estimate of drug-likeness (QED) is 0.139. The highest BCUT2D eigenvalue weighted by atomic mass is 32.2. The Hall–Kier alpha value is -5.59. The van der Waals surface area contributed by atoms with Crippen molar-refractivity contribution in [3.05, 3.63) is 135 Å². The molecular formula is C36H30N4O6S2. The van der Waals surface area contributed by atoms with Crippen molar-refractivity contribution in [3.8, 4) is 23.1 Å². The van der Waals surface area contributed by atoms with Gasteiger partial charge >= 0.3 is 4.87 Å². The molecule has 5 aromatic carbocycles. The van der Waals surface area contributed by atoms with Crippen molar-refractivity contribution >= 4 is 48.9 Å². The Kier molecular flexibility index (Phi) is 8.11. The number of anilines is 1. The lowest BCUT2D eigenvalue weighted by Crippen LogP contribution is -2.13. The lowest BCUT2D eigenvalue weighted by atomic mass is 10.1. The minimum Gasteiger partial charge on any atom is -0.494 e. The molecule has 7 aromatic rings. The number of aryl methyl sites for hydroxylation is 2. The second-order valence-corrected chi connectivity index (χ2v) is 14.1. The zero-order chi connectivity index (χ0) is 33.4. The highest BCUT2D eigenvalue weighted by Gasteiger charge is 2.16. The molecule has 3 N–H and O–H groups in total. The van der Waals surface area contributed by atoms with E-state index in [0.717, 1.165) is 44.7 Å². The van der Waals surface area contributed by atoms with E-state index in [1.807, 2.05) is 91.3 Å². The van der Waals surface area contributed by atoms with Crippen molar-refractivity contribution in [3.63, 3.8) is 0 Å². The number of nitrogens with zero attached hydrogens (tertiary/aromatic N) is 2. The lowest BCUT2D eigenvalue weighted by Gasteiger charge is -2.13. The number of aromatic nitrogens is 3. The van der Waals surface area contributed by atoms with Gasteiger partial charge in [-0.3, -0.25) is 14.5 Å². The number of thiazole rings is 1. The number of aromatic amines is 1. The van der Waals surface area contributed by atoms with Crippen molar-refractivity contribution in [1.82, 2.24) is 14.5 Å². The summed E-state index contributed by atoms with van der Waals surface area (Å²) < 4.78 is 43.2. The van der Waals surface area contributed by atoms with Crippen molar-refractivity contribution in [2.24, 2.45) is 7.05 Å². The molecule has 12 heteroatoms. The topological polar surface area (TPSA) is 136 Å². The predicted octanol–water partition coefficient (Wildman–Crippen LogP) is 7.25. The summed E-state index contributed by atoms with van der Waals surface area (Å²) in [5.41, 5.74) is 4.02. The van der Waals surface area contributed by atoms with Gasteiger partial charge in [-0.2, -0.15) is 0 Å². The van der Waals surface area contributed by atoms with Crippen molar-refractivity contribution in [2.75, 3.05) is 4.72 Å². The highest BCUT2D eigenvalue weighted by molar-refractivity contribution is 7.92. The van der Waals surface area contributed by atoms with E-state index in [1.165, 1.54) is 0 Å². The van der Waals surface area contributed by atoms with Crippen LogP contribution >= 0.6 is 11.3 Å². The van der Waals surface area contributed by atoms with Crippen LogP contribution in [0.3, 0.4) is 0 Å². The molecule has 2 aromatic heterocycles. The van der Waals surface area contributed by atoms with Crippen LogP contribution < -0.4 is 19.1 Å². The van der Waals surface area contributed by atoms with E-state index < -0.39 is 10.0 Å². The number of benzene rings is 5. The van der Waals surface area contributed by atoms with Crippen LogP contribution in [0.2, 0.25) is 0 Å². The number of hydrogen-bond acceptors (Lipinski definition) is 8. The molecule has 0 spiro atoms. The number of nitrogens with one attached hydrogen (secondary N) is 2. The van der Waals surface area contributed by atoms with Gasteiger partial charge in [0.05, 0.1) is 26.5 Å². The number of rotatable bonds is 10. The van der Waals surface area contributed by atoms with Gasteiger partial charge in [-0.1, -0.05) is 59.4 Å². The van der Waals surface area contributed by atoms with Gasteiger partial charge < -0.3 is 19.1 Å². The summed E-state index contributed by atoms with van der Waals surface area (Å²) in [4.78, 5) is 19.1. The number of fused-ring (bicyclic) bond motifs is 2. The summed E-state index contributed by atoms with van der Waals surface area (Å²) in [5.74, 6) is 2.46. The smallest absolute Gasteiger partial charge is 0.307 e. The average Bonchev–Trinajstić information content (AvgIpc) is 3.56. The van der Waals surface area contributed by atoms with E-state index in [4.69, 9.17) is 14.5 Å². The van der Waals surface area contributed by atoms with Gasteiger partial charge in [-0.05, 0) is 72.5 Å². The molecule has 0 unspecified atom stereocenters. The fraction of sp³-hybridized carbons (Fsp3) is 0.111. The van der Waals surface area contributed by atoms with Crippen molar-refractivity contribution < 1.29 is 23.0 Å². The van der Waals surface area contributed by atoms with Crippen molar-refractivity contribution in [1.29, 1.82) is 0 Å². The zero-order valence-corrected chi connectivity index (χ0v) is 27.6. The fourth-order valence-electron chi connectivity index (χ4n) is 5.38. The molecule has 48 heavy (non-hydrogen) atoms. The molecule has 2 heterocycles. The van der Waals surface area contributed by atoms with Crippen LogP contribution in [0.4, 0.5) is 5.69 Å². The first-order valence-corrected chi connectivity index (χ1v) is 17.3. The largest absolute Gasteiger partial charge is 0.494 e. The molecule has 0 fully saturated rings. The molecule has 0 saturated heterocycles. The Morgan fingerprint density at radius 2 is 1.65 bits per heavy atom. The van der Waals surface area contributed by atoms with Crippen LogP contribution in [-0.4, -0.2) is 28.1 Å². The molecule has 0 amide bonds. The minimum atomic E-state index is -3.79. The van der Waals surface area contributed by atoms with Gasteiger partial charge in [0, 0.05) is 24.9 Å². The Bertz CT molecular complexity index is 2450. The van der Waals surface area contributed by atoms with Gasteiger partial charge in [0.25, 0.3) is 10.0 Å². The molecule has 0 aliphatic heterocycles. The molecule has 0 radical (unpaired) electrons. The number of H-pyrrole nitrogens is 1. The first-order chi connectivity index (χ1) is 23.1. The highest BCUT2D eigenvalue weighted by Crippen LogP contribution is 2.33. The standard InChI is InChI=1S/C36H30N4O6S2/c1-22-6-15-28(16-7-22)48(43,44)39-30-5-3-4-24-10-13-26(19-29(24)30)46-27-14-17-31-32(20-27)40(2)34(37-31)21-45-25-11-8-23(9-12-25)18-33-35(41)38-36(42)47-33/h3-17,19-20,39,41H,18,21H2,1-2H3,(H,38,42). The number of aromatic hydroxyl groups is 1. The zero-order valence-electron chi connectivity index (χ0n) is 25.9. The molecule has 242 valence electrons. The van der Waals surface area contributed by atoms with E-state index in [-0.39, 0.29) is 22.3 Å². The second kappa shape index (κ2) is 12.5. The maximum Gasteiger partial charge on any atom is 0.307 e. The Labute approximate surface area is 279 Å². The average molecular weight is 679 g/mol. The molecule has 0 bridgehead atoms. The van der Waals surface area contributed by atoms with Gasteiger partial charge in [0.2, 0.25) is 5.88 Å². The number of hydrogen-bond donors (Lipinski definition) is 3. The normalized spacial score (nSPS) is 11.6. The van der Waals surface area contributed by atoms with Crippen LogP contribution in [0, 0.1) is 6.92 Å². The predicted molar refractivity (Wildman–Crippen MR) is 187 cm³/mol. The molecule has 7 rings (SSSR count). The molecule has 10 nitrogen and oxygen atoms in total.